The molecule has 23 heavy (non-hydrogen) atoms. The van der Waals surface area contributed by atoms with Crippen molar-refractivity contribution < 1.29 is 13.2 Å². The van der Waals surface area contributed by atoms with Gasteiger partial charge in [0.15, 0.2) is 0 Å². The van der Waals surface area contributed by atoms with Crippen molar-refractivity contribution >= 4 is 15.9 Å². The Morgan fingerprint density at radius 1 is 1.04 bits per heavy atom. The molecule has 3 aliphatic heterocycles. The average Bonchev–Trinajstić information content (AvgIpc) is 2.56. The van der Waals surface area contributed by atoms with E-state index in [0.717, 1.165) is 25.8 Å². The molecule has 0 aliphatic carbocycles. The lowest BCUT2D eigenvalue weighted by molar-refractivity contribution is -0.143. The maximum Gasteiger partial charge on any atom is 0.243 e. The number of rotatable bonds is 2. The number of piperidine rings is 3. The van der Waals surface area contributed by atoms with Gasteiger partial charge in [-0.1, -0.05) is 18.2 Å². The maximum atomic E-state index is 12.9. The van der Waals surface area contributed by atoms with Crippen molar-refractivity contribution in [2.24, 2.45) is 11.8 Å². The topological polar surface area (TPSA) is 57.7 Å². The summed E-state index contributed by atoms with van der Waals surface area (Å²) in [6, 6.07) is 8.92. The van der Waals surface area contributed by atoms with Gasteiger partial charge in [0.05, 0.1) is 4.90 Å². The van der Waals surface area contributed by atoms with Gasteiger partial charge in [-0.2, -0.15) is 4.31 Å². The van der Waals surface area contributed by atoms with Crippen molar-refractivity contribution in [3.05, 3.63) is 30.3 Å². The minimum atomic E-state index is -3.43. The van der Waals surface area contributed by atoms with E-state index in [4.69, 9.17) is 0 Å². The molecule has 3 saturated heterocycles. The van der Waals surface area contributed by atoms with E-state index in [9.17, 15) is 13.2 Å². The Balaban J connectivity index is 1.60. The van der Waals surface area contributed by atoms with E-state index in [2.05, 4.69) is 0 Å². The summed E-state index contributed by atoms with van der Waals surface area (Å²) in [6.07, 6.45) is 3.66. The summed E-state index contributed by atoms with van der Waals surface area (Å²) < 4.78 is 27.4. The molecular weight excluding hydrogens is 312 g/mol. The molecule has 1 amide bonds. The van der Waals surface area contributed by atoms with Gasteiger partial charge in [0.2, 0.25) is 15.9 Å². The number of benzene rings is 1. The van der Waals surface area contributed by atoms with Gasteiger partial charge in [0, 0.05) is 32.1 Å². The summed E-state index contributed by atoms with van der Waals surface area (Å²) in [5.74, 6) is 0.811. The van der Waals surface area contributed by atoms with E-state index in [1.54, 1.807) is 28.6 Å². The number of hydrogen-bond acceptors (Lipinski definition) is 3. The van der Waals surface area contributed by atoms with Gasteiger partial charge in [0.25, 0.3) is 0 Å². The molecule has 124 valence electrons. The van der Waals surface area contributed by atoms with Gasteiger partial charge < -0.3 is 4.90 Å². The molecule has 1 aromatic rings. The van der Waals surface area contributed by atoms with Crippen LogP contribution < -0.4 is 0 Å². The summed E-state index contributed by atoms with van der Waals surface area (Å²) >= 11 is 0. The summed E-state index contributed by atoms with van der Waals surface area (Å²) in [5.41, 5.74) is 0. The molecule has 0 saturated carbocycles. The van der Waals surface area contributed by atoms with Crippen LogP contribution in [-0.4, -0.2) is 49.2 Å². The molecule has 0 N–H and O–H groups in total. The lowest BCUT2D eigenvalue weighted by atomic mass is 9.76. The number of carbonyl (C=O) groups is 1. The van der Waals surface area contributed by atoms with E-state index in [0.29, 0.717) is 24.4 Å². The van der Waals surface area contributed by atoms with Crippen LogP contribution in [-0.2, 0) is 14.8 Å². The zero-order valence-electron chi connectivity index (χ0n) is 13.1. The number of amides is 1. The van der Waals surface area contributed by atoms with E-state index in [-0.39, 0.29) is 23.8 Å². The Kier molecular flexibility index (Phi) is 3.69. The van der Waals surface area contributed by atoms with Gasteiger partial charge in [0.1, 0.15) is 0 Å². The molecule has 3 atom stereocenters. The lowest BCUT2D eigenvalue weighted by Crippen LogP contribution is -2.61. The van der Waals surface area contributed by atoms with Crippen LogP contribution in [0.25, 0.3) is 0 Å². The zero-order valence-corrected chi connectivity index (χ0v) is 13.9. The minimum Gasteiger partial charge on any atom is -0.339 e. The third kappa shape index (κ3) is 2.58. The number of carbonyl (C=O) groups excluding carboxylic acids is 1. The fraction of sp³-hybridized carbons (Fsp3) is 0.588. The van der Waals surface area contributed by atoms with E-state index in [1.807, 2.05) is 11.0 Å². The third-order valence-electron chi connectivity index (χ3n) is 5.53. The Hall–Kier alpha value is -1.40. The number of sulfonamides is 1. The van der Waals surface area contributed by atoms with E-state index >= 15 is 0 Å². The number of fused-ring (bicyclic) bond motifs is 4. The number of nitrogens with zero attached hydrogens (tertiary/aromatic N) is 2. The molecular formula is C17H22N2O3S. The van der Waals surface area contributed by atoms with Gasteiger partial charge in [-0.15, -0.1) is 0 Å². The Labute approximate surface area is 137 Å². The van der Waals surface area contributed by atoms with Crippen LogP contribution in [0.15, 0.2) is 35.2 Å². The molecule has 6 heteroatoms. The summed E-state index contributed by atoms with van der Waals surface area (Å²) in [7, 11) is -3.43. The second-order valence-electron chi connectivity index (χ2n) is 7.00. The van der Waals surface area contributed by atoms with Crippen LogP contribution in [0.2, 0.25) is 0 Å². The fourth-order valence-electron chi connectivity index (χ4n) is 4.50. The van der Waals surface area contributed by atoms with Crippen molar-refractivity contribution in [2.75, 3.05) is 19.6 Å². The summed E-state index contributed by atoms with van der Waals surface area (Å²) in [6.45, 7) is 1.80. The lowest BCUT2D eigenvalue weighted by Gasteiger charge is -2.52. The first-order chi connectivity index (χ1) is 11.1. The highest BCUT2D eigenvalue weighted by Crippen LogP contribution is 2.39. The second-order valence-corrected chi connectivity index (χ2v) is 8.94. The zero-order chi connectivity index (χ0) is 16.0. The maximum absolute atomic E-state index is 12.9. The number of hydrogen-bond donors (Lipinski definition) is 0. The largest absolute Gasteiger partial charge is 0.339 e. The smallest absolute Gasteiger partial charge is 0.243 e. The van der Waals surface area contributed by atoms with Crippen LogP contribution in [0.4, 0.5) is 0 Å². The molecule has 3 fully saturated rings. The molecule has 0 aromatic heterocycles. The monoisotopic (exact) mass is 334 g/mol. The highest BCUT2D eigenvalue weighted by Gasteiger charge is 2.46. The molecule has 1 unspecified atom stereocenters. The van der Waals surface area contributed by atoms with Gasteiger partial charge >= 0.3 is 0 Å². The van der Waals surface area contributed by atoms with E-state index in [1.165, 1.54) is 0 Å². The Bertz CT molecular complexity index is 704. The van der Waals surface area contributed by atoms with Crippen LogP contribution in [0.3, 0.4) is 0 Å². The third-order valence-corrected chi connectivity index (χ3v) is 7.37. The minimum absolute atomic E-state index is 0.237. The van der Waals surface area contributed by atoms with Crippen molar-refractivity contribution in [1.82, 2.24) is 9.21 Å². The standard InChI is InChI=1S/C17H22N2O3S/c20-17-8-4-7-16-14-9-13(11-19(16)17)10-18(12-14)23(21,22)15-5-2-1-3-6-15/h1-3,5-6,13-14,16H,4,7-12H2/t13-,14-,16?/m0/s1. The van der Waals surface area contributed by atoms with Crippen LogP contribution >= 0.6 is 0 Å². The van der Waals surface area contributed by atoms with Crippen molar-refractivity contribution in [1.29, 1.82) is 0 Å². The molecule has 3 aliphatic rings. The molecule has 3 heterocycles. The van der Waals surface area contributed by atoms with Gasteiger partial charge in [-0.05, 0) is 43.2 Å². The Morgan fingerprint density at radius 3 is 2.61 bits per heavy atom. The second kappa shape index (κ2) is 5.60. The van der Waals surface area contributed by atoms with Crippen molar-refractivity contribution in [2.45, 2.75) is 36.6 Å². The first kappa shape index (κ1) is 15.1. The first-order valence-corrected chi connectivity index (χ1v) is 9.84. The van der Waals surface area contributed by atoms with Gasteiger partial charge in [-0.3, -0.25) is 4.79 Å². The molecule has 1 aromatic carbocycles. The molecule has 0 spiro atoms. The highest BCUT2D eigenvalue weighted by molar-refractivity contribution is 7.89. The molecule has 0 radical (unpaired) electrons. The SMILES string of the molecule is O=C1CCCC2[C@H]3C[C@H](CN12)CN(S(=O)(=O)c1ccccc1)C3. The Morgan fingerprint density at radius 2 is 1.83 bits per heavy atom. The fourth-order valence-corrected chi connectivity index (χ4v) is 6.10. The summed E-state index contributed by atoms with van der Waals surface area (Å²) in [5, 5.41) is 0. The summed E-state index contributed by atoms with van der Waals surface area (Å²) in [4.78, 5) is 14.6. The van der Waals surface area contributed by atoms with Crippen LogP contribution in [0.1, 0.15) is 25.7 Å². The predicted octanol–water partition coefficient (Wildman–Crippen LogP) is 1.71. The van der Waals surface area contributed by atoms with Crippen molar-refractivity contribution in [3.63, 3.8) is 0 Å². The van der Waals surface area contributed by atoms with Gasteiger partial charge in [-0.25, -0.2) is 8.42 Å². The molecule has 2 bridgehead atoms. The quantitative estimate of drug-likeness (QED) is 0.827. The molecule has 4 rings (SSSR count). The van der Waals surface area contributed by atoms with Crippen LogP contribution in [0.5, 0.6) is 0 Å². The van der Waals surface area contributed by atoms with E-state index < -0.39 is 10.0 Å². The first-order valence-electron chi connectivity index (χ1n) is 8.40. The normalized spacial score (nSPS) is 31.7. The molecule has 5 nitrogen and oxygen atoms in total. The predicted molar refractivity (Wildman–Crippen MR) is 86.1 cm³/mol. The average molecular weight is 334 g/mol. The van der Waals surface area contributed by atoms with Crippen molar-refractivity contribution in [3.8, 4) is 0 Å². The highest BCUT2D eigenvalue weighted by atomic mass is 32.2. The van der Waals surface area contributed by atoms with Crippen LogP contribution in [0, 0.1) is 11.8 Å².